The number of hydrogen-bond acceptors (Lipinski definition) is 13. The summed E-state index contributed by atoms with van der Waals surface area (Å²) in [7, 11) is 0. The SMILES string of the molecule is CC(C)CC(NC(=O)C(CCCN=C(N)N)NC(=O)C(C)NC(=O)C(CO)NC(=O)C(NC(=O)C(N)Cc1ccc(O)cc1)C(C)O)C(=O)NC(CCCCN)C(=O)O. The van der Waals surface area contributed by atoms with Crippen LogP contribution in [0.1, 0.15) is 71.8 Å². The largest absolute Gasteiger partial charge is 0.508 e. The van der Waals surface area contributed by atoms with Crippen molar-refractivity contribution in [2.24, 2.45) is 33.8 Å². The predicted octanol–water partition coefficient (Wildman–Crippen LogP) is -4.12. The number of aliphatic hydroxyl groups excluding tert-OH is 2. The van der Waals surface area contributed by atoms with E-state index in [9.17, 15) is 54.0 Å². The van der Waals surface area contributed by atoms with Gasteiger partial charge in [-0.2, -0.15) is 0 Å². The lowest BCUT2D eigenvalue weighted by Gasteiger charge is -2.27. The molecule has 0 aliphatic rings. The van der Waals surface area contributed by atoms with Crippen LogP contribution in [0.4, 0.5) is 0 Å². The summed E-state index contributed by atoms with van der Waals surface area (Å²) in [6.07, 6.45) is -0.0868. The second kappa shape index (κ2) is 26.4. The molecule has 0 bridgehead atoms. The summed E-state index contributed by atoms with van der Waals surface area (Å²) in [5.74, 6) is -6.91. The smallest absolute Gasteiger partial charge is 0.326 e. The average Bonchev–Trinajstić information content (AvgIpc) is 3.16. The van der Waals surface area contributed by atoms with Crippen LogP contribution in [0.3, 0.4) is 0 Å². The van der Waals surface area contributed by atoms with E-state index in [2.05, 4.69) is 36.9 Å². The molecule has 0 fully saturated rings. The summed E-state index contributed by atoms with van der Waals surface area (Å²) in [5.41, 5.74) is 22.9. The lowest BCUT2D eigenvalue weighted by molar-refractivity contribution is -0.142. The molecule has 1 aromatic rings. The number of rotatable bonds is 27. The van der Waals surface area contributed by atoms with E-state index in [4.69, 9.17) is 22.9 Å². The first-order valence-corrected chi connectivity index (χ1v) is 19.3. The fourth-order valence-corrected chi connectivity index (χ4v) is 5.55. The molecule has 1 rings (SSSR count). The maximum absolute atomic E-state index is 13.6. The number of hydrogen-bond donors (Lipinski definition) is 14. The fraction of sp³-hybridized carbons (Fsp3) is 0.622. The average molecular weight is 838 g/mol. The minimum atomic E-state index is -1.67. The van der Waals surface area contributed by atoms with Gasteiger partial charge in [0.15, 0.2) is 5.96 Å². The molecule has 8 unspecified atom stereocenters. The Bertz CT molecular complexity index is 1570. The third-order valence-electron chi connectivity index (χ3n) is 8.84. The number of aromatic hydroxyl groups is 1. The van der Waals surface area contributed by atoms with E-state index in [0.717, 1.165) is 0 Å². The van der Waals surface area contributed by atoms with E-state index in [-0.39, 0.29) is 56.3 Å². The molecule has 1 aromatic carbocycles. The molecular weight excluding hydrogens is 774 g/mol. The number of carboxylic acid groups (broad SMARTS) is 1. The Balaban J connectivity index is 3.07. The van der Waals surface area contributed by atoms with E-state index in [1.165, 1.54) is 26.0 Å². The Hall–Kier alpha value is -5.58. The van der Waals surface area contributed by atoms with E-state index >= 15 is 0 Å². The molecule has 0 spiro atoms. The molecule has 8 atom stereocenters. The standard InChI is InChI=1S/C37H63N11O11/c1-19(2)16-27(33(55)45-26(36(58)59)8-5-6-14-38)46-32(54)25(9-7-15-42-37(40)41)44-30(52)20(3)43-34(56)28(18-49)47-35(57)29(21(4)50)48-31(53)24(39)17-22-10-12-23(51)13-11-22/h10-13,19-21,24-29,49-51H,5-9,14-18,38-39H2,1-4H3,(H,43,56)(H,44,52)(H,45,55)(H,46,54)(H,47,57)(H,48,53)(H,58,59)(H4,40,41,42). The summed E-state index contributed by atoms with van der Waals surface area (Å²) in [6, 6.07) is -3.62. The van der Waals surface area contributed by atoms with Gasteiger partial charge < -0.3 is 75.3 Å². The molecule has 0 aromatic heterocycles. The van der Waals surface area contributed by atoms with Crippen LogP contribution in [0.25, 0.3) is 0 Å². The number of guanidine groups is 1. The number of benzene rings is 1. The molecule has 59 heavy (non-hydrogen) atoms. The quantitative estimate of drug-likeness (QED) is 0.0227. The predicted molar refractivity (Wildman–Crippen MR) is 216 cm³/mol. The summed E-state index contributed by atoms with van der Waals surface area (Å²) >= 11 is 0. The van der Waals surface area contributed by atoms with Crippen molar-refractivity contribution in [1.29, 1.82) is 0 Å². The molecular formula is C37H63N11O11. The molecule has 18 N–H and O–H groups in total. The maximum Gasteiger partial charge on any atom is 0.326 e. The van der Waals surface area contributed by atoms with E-state index in [0.29, 0.717) is 24.9 Å². The van der Waals surface area contributed by atoms with Gasteiger partial charge in [-0.15, -0.1) is 0 Å². The Morgan fingerprint density at radius 2 is 1.24 bits per heavy atom. The second-order valence-corrected chi connectivity index (χ2v) is 14.6. The molecule has 22 nitrogen and oxygen atoms in total. The molecule has 22 heteroatoms. The number of aliphatic imine (C=N–C) groups is 1. The number of nitrogens with zero attached hydrogens (tertiary/aromatic N) is 1. The number of carboxylic acids is 1. The number of phenolic OH excluding ortho intramolecular Hbond substituents is 1. The van der Waals surface area contributed by atoms with Crippen molar-refractivity contribution in [3.8, 4) is 5.75 Å². The zero-order valence-corrected chi connectivity index (χ0v) is 34.0. The van der Waals surface area contributed by atoms with E-state index < -0.39 is 96.4 Å². The highest BCUT2D eigenvalue weighted by atomic mass is 16.4. The zero-order valence-electron chi connectivity index (χ0n) is 34.0. The molecule has 6 amide bonds. The molecule has 0 saturated carbocycles. The highest BCUT2D eigenvalue weighted by Gasteiger charge is 2.34. The molecule has 0 radical (unpaired) electrons. The van der Waals surface area contributed by atoms with Crippen LogP contribution in [0.15, 0.2) is 29.3 Å². The van der Waals surface area contributed by atoms with Crippen LogP contribution in [0.5, 0.6) is 5.75 Å². The van der Waals surface area contributed by atoms with Crippen LogP contribution >= 0.6 is 0 Å². The normalized spacial score (nSPS) is 15.1. The van der Waals surface area contributed by atoms with Gasteiger partial charge in [-0.1, -0.05) is 26.0 Å². The highest BCUT2D eigenvalue weighted by molar-refractivity contribution is 5.97. The summed E-state index contributed by atoms with van der Waals surface area (Å²) in [4.78, 5) is 95.1. The first-order chi connectivity index (χ1) is 27.7. The van der Waals surface area contributed by atoms with Gasteiger partial charge in [0.1, 0.15) is 42.0 Å². The van der Waals surface area contributed by atoms with Crippen molar-refractivity contribution in [3.63, 3.8) is 0 Å². The number of nitrogens with two attached hydrogens (primary N) is 4. The number of carbonyl (C=O) groups excluding carboxylic acids is 6. The van der Waals surface area contributed by atoms with E-state index in [1.807, 2.05) is 0 Å². The third-order valence-corrected chi connectivity index (χ3v) is 8.84. The number of aliphatic hydroxyl groups is 2. The molecule has 0 heterocycles. The lowest BCUT2D eigenvalue weighted by atomic mass is 10.0. The third kappa shape index (κ3) is 19.6. The molecule has 0 saturated heterocycles. The number of aliphatic carboxylic acids is 1. The van der Waals surface area contributed by atoms with Crippen molar-refractivity contribution in [2.45, 2.75) is 121 Å². The van der Waals surface area contributed by atoms with Gasteiger partial charge in [0.2, 0.25) is 35.4 Å². The van der Waals surface area contributed by atoms with Crippen molar-refractivity contribution in [1.82, 2.24) is 31.9 Å². The van der Waals surface area contributed by atoms with Crippen LogP contribution < -0.4 is 54.8 Å². The Morgan fingerprint density at radius 1 is 0.695 bits per heavy atom. The number of nitrogens with one attached hydrogen (secondary N) is 6. The van der Waals surface area contributed by atoms with Gasteiger partial charge in [0, 0.05) is 6.54 Å². The van der Waals surface area contributed by atoms with Crippen LogP contribution in [-0.2, 0) is 40.0 Å². The van der Waals surface area contributed by atoms with Gasteiger partial charge in [0.25, 0.3) is 0 Å². The number of phenols is 1. The van der Waals surface area contributed by atoms with Crippen LogP contribution in [0.2, 0.25) is 0 Å². The fourth-order valence-electron chi connectivity index (χ4n) is 5.55. The summed E-state index contributed by atoms with van der Waals surface area (Å²) in [5, 5.41) is 53.8. The van der Waals surface area contributed by atoms with Crippen LogP contribution in [0, 0.1) is 5.92 Å². The minimum Gasteiger partial charge on any atom is -0.508 e. The number of amides is 6. The van der Waals surface area contributed by atoms with Gasteiger partial charge in [0.05, 0.1) is 18.8 Å². The lowest BCUT2D eigenvalue weighted by Crippen LogP contribution is -2.61. The summed E-state index contributed by atoms with van der Waals surface area (Å²) < 4.78 is 0. The van der Waals surface area contributed by atoms with Crippen molar-refractivity contribution < 1.29 is 54.0 Å². The Labute approximate surface area is 343 Å². The molecule has 332 valence electrons. The van der Waals surface area contributed by atoms with Gasteiger partial charge in [-0.05, 0) is 89.0 Å². The minimum absolute atomic E-state index is 0.0104. The Morgan fingerprint density at radius 3 is 1.78 bits per heavy atom. The first kappa shape index (κ1) is 51.4. The first-order valence-electron chi connectivity index (χ1n) is 19.3. The van der Waals surface area contributed by atoms with Crippen molar-refractivity contribution >= 4 is 47.4 Å². The van der Waals surface area contributed by atoms with Gasteiger partial charge in [-0.25, -0.2) is 4.79 Å². The maximum atomic E-state index is 13.6. The monoisotopic (exact) mass is 837 g/mol. The van der Waals surface area contributed by atoms with Crippen LogP contribution in [-0.4, -0.2) is 136 Å². The number of carbonyl (C=O) groups is 7. The second-order valence-electron chi connectivity index (χ2n) is 14.6. The Kier molecular flexibility index (Phi) is 23.0. The van der Waals surface area contributed by atoms with Gasteiger partial charge in [-0.3, -0.25) is 33.8 Å². The molecule has 0 aliphatic carbocycles. The topological polar surface area (TPSA) is 389 Å². The van der Waals surface area contributed by atoms with Crippen molar-refractivity contribution in [2.75, 3.05) is 19.7 Å². The van der Waals surface area contributed by atoms with Gasteiger partial charge >= 0.3 is 5.97 Å². The number of unbranched alkanes of at least 4 members (excludes halogenated alkanes) is 1. The molecule has 0 aliphatic heterocycles. The van der Waals surface area contributed by atoms with Crippen molar-refractivity contribution in [3.05, 3.63) is 29.8 Å². The zero-order chi connectivity index (χ0) is 44.8. The van der Waals surface area contributed by atoms with E-state index in [1.54, 1.807) is 26.0 Å². The summed E-state index contributed by atoms with van der Waals surface area (Å²) in [6.45, 7) is 5.51. The highest BCUT2D eigenvalue weighted by Crippen LogP contribution is 2.12.